The highest BCUT2D eigenvalue weighted by molar-refractivity contribution is 5.93. The number of fused-ring (bicyclic) bond motifs is 6. The first-order valence-corrected chi connectivity index (χ1v) is 23.7. The number of amides is 3. The molecule has 0 spiro atoms. The Morgan fingerprint density at radius 2 is 0.966 bits per heavy atom. The minimum Gasteiger partial charge on any atom is -0.383 e. The number of aliphatic hydroxyl groups excluding tert-OH is 2. The lowest BCUT2D eigenvalue weighted by Gasteiger charge is -2.33. The Balaban J connectivity index is 0.000000224. The number of aliphatic hydroxyl groups is 2. The number of Topliss-reactive ketones (excluding diaryl/α,β-unsaturated/α-hetero) is 2. The predicted octanol–water partition coefficient (Wildman–Crippen LogP) is 7.14. The summed E-state index contributed by atoms with van der Waals surface area (Å²) in [5.74, 6) is -0.226. The van der Waals surface area contributed by atoms with Gasteiger partial charge in [-0.2, -0.15) is 5.26 Å². The smallest absolute Gasteiger partial charge is 0.246 e. The first-order valence-electron chi connectivity index (χ1n) is 23.7. The molecular weight excluding hydrogens is 745 g/mol. The molecule has 3 amide bonds. The van der Waals surface area contributed by atoms with E-state index in [-0.39, 0.29) is 82.7 Å². The van der Waals surface area contributed by atoms with Crippen LogP contribution in [0.3, 0.4) is 0 Å². The number of rotatable bonds is 3. The van der Waals surface area contributed by atoms with E-state index in [1.165, 1.54) is 19.3 Å². The van der Waals surface area contributed by atoms with Crippen molar-refractivity contribution in [3.05, 3.63) is 0 Å². The number of nitrogens with two attached hydrogens (primary N) is 1. The van der Waals surface area contributed by atoms with Crippen LogP contribution < -0.4 is 5.73 Å². The first-order chi connectivity index (χ1) is 27.9. The van der Waals surface area contributed by atoms with Gasteiger partial charge in [0.1, 0.15) is 12.2 Å². The van der Waals surface area contributed by atoms with E-state index in [9.17, 15) is 39.4 Å². The van der Waals surface area contributed by atoms with Gasteiger partial charge in [-0.1, -0.05) is 131 Å². The maximum absolute atomic E-state index is 13.4. The predicted molar refractivity (Wildman–Crippen MR) is 227 cm³/mol. The molecule has 332 valence electrons. The molecule has 4 heterocycles. The molecule has 4 aliphatic heterocycles. The van der Waals surface area contributed by atoms with Gasteiger partial charge in [-0.25, -0.2) is 0 Å². The highest BCUT2D eigenvalue weighted by atomic mass is 16.3. The van der Waals surface area contributed by atoms with Gasteiger partial charge >= 0.3 is 0 Å². The highest BCUT2D eigenvalue weighted by Crippen LogP contribution is 2.66. The Morgan fingerprint density at radius 3 is 1.34 bits per heavy atom. The maximum Gasteiger partial charge on any atom is 0.246 e. The summed E-state index contributed by atoms with van der Waals surface area (Å²) < 4.78 is 0. The van der Waals surface area contributed by atoms with Crippen molar-refractivity contribution in [3.63, 3.8) is 0 Å². The van der Waals surface area contributed by atoms with Gasteiger partial charge in [-0.15, -0.1) is 0 Å². The quantitative estimate of drug-likeness (QED) is 0.251. The molecule has 2 aliphatic carbocycles. The van der Waals surface area contributed by atoms with E-state index in [0.717, 1.165) is 83.5 Å². The molecule has 6 fully saturated rings. The third-order valence-corrected chi connectivity index (χ3v) is 16.2. The van der Waals surface area contributed by atoms with Crippen LogP contribution in [-0.4, -0.2) is 86.7 Å². The van der Waals surface area contributed by atoms with Crippen LogP contribution in [0.25, 0.3) is 0 Å². The second kappa shape index (κ2) is 20.4. The van der Waals surface area contributed by atoms with E-state index in [0.29, 0.717) is 37.8 Å². The van der Waals surface area contributed by atoms with Gasteiger partial charge in [0.15, 0.2) is 11.6 Å². The molecule has 6 rings (SSSR count). The highest BCUT2D eigenvalue weighted by Gasteiger charge is 2.70. The normalized spacial score (nSPS) is 37.0. The van der Waals surface area contributed by atoms with E-state index in [4.69, 9.17) is 5.73 Å². The number of primary amides is 1. The van der Waals surface area contributed by atoms with Gasteiger partial charge in [0.2, 0.25) is 17.7 Å². The molecule has 0 radical (unpaired) electrons. The lowest BCUT2D eigenvalue weighted by Crippen LogP contribution is -2.48. The Hall–Kier alpha value is -2.84. The second-order valence-electron chi connectivity index (χ2n) is 21.0. The molecule has 0 aromatic heterocycles. The van der Waals surface area contributed by atoms with Crippen molar-refractivity contribution >= 4 is 29.3 Å². The van der Waals surface area contributed by atoms with Crippen LogP contribution >= 0.6 is 0 Å². The van der Waals surface area contributed by atoms with E-state index in [1.807, 2.05) is 29.7 Å². The standard InChI is InChI=1S/C24H40N2O4.C24H38N2O3/c1-15-11-9-7-5-4-6-8-10-12-16(21(28)22(25)29)13-18(27)20-19-17(24(19,2)3)14-26(20)23(15)30;1-16-11-9-7-5-4-6-8-10-12-17(20(28)14-25)13-19(27)22-21-18(24(21,2)3)15-26(22)23(16)29/h15-17,19-21,28H,4-14H2,1-3H3,(H2,25,29);16-18,20-22,28H,4-13,15H2,1-3H3/t15-,16+,17-,19-,20+,21?;16-,17+,18-,20?,21-,22+/m00/s1. The lowest BCUT2D eigenvalue weighted by atomic mass is 9.85. The topological polar surface area (TPSA) is 182 Å². The summed E-state index contributed by atoms with van der Waals surface area (Å²) in [6.07, 6.45) is 16.4. The number of ketones is 2. The minimum absolute atomic E-state index is 0.00832. The van der Waals surface area contributed by atoms with Crippen LogP contribution in [0.15, 0.2) is 0 Å². The molecular formula is C48H78N4O7. The van der Waals surface area contributed by atoms with Crippen LogP contribution in [0.5, 0.6) is 0 Å². The van der Waals surface area contributed by atoms with Gasteiger partial charge in [0, 0.05) is 49.6 Å². The SMILES string of the molecule is C[C@H]1CCCCCCCCC[C@@H](C(O)C#N)CC(=O)[C@@H]2[C@@H]3[C@H](CN2C1=O)C3(C)C.C[C@H]1CCCCCCCCC[C@@H](C(O)C(N)=O)CC(=O)[C@@H]2[C@@H]3[C@H](CN2C1=O)C3(C)C. The number of nitriles is 1. The van der Waals surface area contributed by atoms with Crippen LogP contribution in [-0.2, 0) is 24.0 Å². The number of hydrogen-bond donors (Lipinski definition) is 3. The van der Waals surface area contributed by atoms with Crippen molar-refractivity contribution in [2.24, 2.45) is 63.9 Å². The van der Waals surface area contributed by atoms with Crippen molar-refractivity contribution in [1.82, 2.24) is 9.80 Å². The first kappa shape index (κ1) is 47.2. The Bertz CT molecular complexity index is 1540. The zero-order valence-corrected chi connectivity index (χ0v) is 37.3. The average Bonchev–Trinajstić information content (AvgIpc) is 3.65. The molecule has 11 heteroatoms. The number of carbonyl (C=O) groups is 5. The fraction of sp³-hybridized carbons (Fsp3) is 0.875. The summed E-state index contributed by atoms with van der Waals surface area (Å²) >= 11 is 0. The Labute approximate surface area is 355 Å². The molecule has 4 saturated heterocycles. The summed E-state index contributed by atoms with van der Waals surface area (Å²) in [4.78, 5) is 68.6. The van der Waals surface area contributed by atoms with Crippen LogP contribution in [0, 0.1) is 69.5 Å². The third-order valence-electron chi connectivity index (χ3n) is 16.2. The Morgan fingerprint density at radius 1 is 0.627 bits per heavy atom. The summed E-state index contributed by atoms with van der Waals surface area (Å²) in [6.45, 7) is 14.1. The average molecular weight is 823 g/mol. The molecule has 0 bridgehead atoms. The number of hydrogen-bond acceptors (Lipinski definition) is 8. The van der Waals surface area contributed by atoms with Crippen LogP contribution in [0.2, 0.25) is 0 Å². The summed E-state index contributed by atoms with van der Waals surface area (Å²) in [5, 5.41) is 29.8. The van der Waals surface area contributed by atoms with E-state index < -0.39 is 30.1 Å². The fourth-order valence-corrected chi connectivity index (χ4v) is 11.9. The molecule has 2 unspecified atom stereocenters. The van der Waals surface area contributed by atoms with Gasteiger partial charge < -0.3 is 25.7 Å². The zero-order valence-electron chi connectivity index (χ0n) is 37.3. The van der Waals surface area contributed by atoms with Gasteiger partial charge in [0.25, 0.3) is 0 Å². The lowest BCUT2D eigenvalue weighted by molar-refractivity contribution is -0.143. The zero-order chi connectivity index (χ0) is 43.2. The molecule has 2 saturated carbocycles. The molecule has 12 atom stereocenters. The van der Waals surface area contributed by atoms with Crippen LogP contribution in [0.4, 0.5) is 0 Å². The van der Waals surface area contributed by atoms with Crippen molar-refractivity contribution in [1.29, 1.82) is 5.26 Å². The van der Waals surface area contributed by atoms with E-state index in [1.54, 1.807) is 0 Å². The van der Waals surface area contributed by atoms with Crippen molar-refractivity contribution in [2.75, 3.05) is 13.1 Å². The maximum atomic E-state index is 13.4. The molecule has 4 N–H and O–H groups in total. The van der Waals surface area contributed by atoms with E-state index >= 15 is 0 Å². The number of piperidine rings is 2. The van der Waals surface area contributed by atoms with Gasteiger partial charge in [-0.3, -0.25) is 24.0 Å². The largest absolute Gasteiger partial charge is 0.383 e. The van der Waals surface area contributed by atoms with Crippen molar-refractivity contribution in [3.8, 4) is 6.07 Å². The monoisotopic (exact) mass is 823 g/mol. The third kappa shape index (κ3) is 11.0. The van der Waals surface area contributed by atoms with E-state index in [2.05, 4.69) is 27.7 Å². The molecule has 11 nitrogen and oxygen atoms in total. The summed E-state index contributed by atoms with van der Waals surface area (Å²) in [6, 6.07) is 1.15. The summed E-state index contributed by atoms with van der Waals surface area (Å²) in [7, 11) is 0. The van der Waals surface area contributed by atoms with Crippen molar-refractivity contribution in [2.45, 2.75) is 194 Å². The Kier molecular flexibility index (Phi) is 16.3. The van der Waals surface area contributed by atoms with Crippen molar-refractivity contribution < 1.29 is 34.2 Å². The molecule has 6 aliphatic rings. The summed E-state index contributed by atoms with van der Waals surface area (Å²) in [5.41, 5.74) is 5.54. The number of nitrogens with zero attached hydrogens (tertiary/aromatic N) is 3. The molecule has 59 heavy (non-hydrogen) atoms. The minimum atomic E-state index is -1.31. The van der Waals surface area contributed by atoms with Gasteiger partial charge in [-0.05, 0) is 60.2 Å². The molecule has 0 aromatic carbocycles. The number of carbonyl (C=O) groups excluding carboxylic acids is 5. The van der Waals surface area contributed by atoms with Gasteiger partial charge in [0.05, 0.1) is 18.2 Å². The fourth-order valence-electron chi connectivity index (χ4n) is 11.9. The second-order valence-corrected chi connectivity index (χ2v) is 21.0. The molecule has 0 aromatic rings. The van der Waals surface area contributed by atoms with Crippen LogP contribution in [0.1, 0.15) is 170 Å².